The molecule has 0 amide bonds. The van der Waals surface area contributed by atoms with Crippen LogP contribution >= 0.6 is 23.4 Å². The highest BCUT2D eigenvalue weighted by Gasteiger charge is 2.01. The maximum absolute atomic E-state index is 5.88. The normalized spacial score (nSPS) is 11.4. The summed E-state index contributed by atoms with van der Waals surface area (Å²) in [7, 11) is 1.63. The number of ether oxygens (including phenoxy) is 1. The molecule has 1 heterocycles. The van der Waals surface area contributed by atoms with Gasteiger partial charge in [-0.15, -0.1) is 0 Å². The Morgan fingerprint density at radius 1 is 1.35 bits per heavy atom. The molecule has 0 atom stereocenters. The number of hydrogen-bond acceptors (Lipinski definition) is 4. The van der Waals surface area contributed by atoms with Crippen LogP contribution in [0, 0.1) is 0 Å². The Morgan fingerprint density at radius 2 is 2.10 bits per heavy atom. The lowest BCUT2D eigenvalue weighted by Gasteiger charge is -2.03. The fourth-order valence-corrected chi connectivity index (χ4v) is 2.23. The van der Waals surface area contributed by atoms with Gasteiger partial charge in [0, 0.05) is 23.0 Å². The molecule has 0 saturated carbocycles. The molecule has 104 valence electrons. The van der Waals surface area contributed by atoms with Crippen molar-refractivity contribution in [3.8, 4) is 5.75 Å². The second-order valence-electron chi connectivity index (χ2n) is 3.90. The summed E-state index contributed by atoms with van der Waals surface area (Å²) in [6.07, 6.45) is 1.71. The first kappa shape index (κ1) is 14.7. The smallest absolute Gasteiger partial charge is 0.159 e. The first-order valence-electron chi connectivity index (χ1n) is 5.89. The summed E-state index contributed by atoms with van der Waals surface area (Å²) in [4.78, 5) is 8.55. The van der Waals surface area contributed by atoms with Crippen molar-refractivity contribution in [2.75, 3.05) is 7.11 Å². The summed E-state index contributed by atoms with van der Waals surface area (Å²) in [5.41, 5.74) is 7.55. The predicted molar refractivity (Wildman–Crippen MR) is 84.8 cm³/mol. The van der Waals surface area contributed by atoms with E-state index in [0.29, 0.717) is 15.9 Å². The number of nitrogens with two attached hydrogens (primary N) is 1. The maximum atomic E-state index is 5.88. The molecule has 6 heteroatoms. The Labute approximate surface area is 127 Å². The number of aromatic nitrogens is 1. The van der Waals surface area contributed by atoms with Crippen LogP contribution in [0.25, 0.3) is 0 Å². The van der Waals surface area contributed by atoms with Crippen molar-refractivity contribution < 1.29 is 4.74 Å². The highest BCUT2D eigenvalue weighted by Crippen LogP contribution is 2.19. The number of thioether (sulfide) groups is 1. The van der Waals surface area contributed by atoms with Crippen LogP contribution in [0.15, 0.2) is 47.6 Å². The summed E-state index contributed by atoms with van der Waals surface area (Å²) >= 11 is 7.24. The van der Waals surface area contributed by atoms with Crippen LogP contribution in [0.3, 0.4) is 0 Å². The molecule has 0 bridgehead atoms. The fourth-order valence-electron chi connectivity index (χ4n) is 1.48. The number of halogens is 1. The summed E-state index contributed by atoms with van der Waals surface area (Å²) in [6.45, 7) is 0. The minimum atomic E-state index is 0.483. The largest absolute Gasteiger partial charge is 0.497 e. The zero-order chi connectivity index (χ0) is 14.4. The van der Waals surface area contributed by atoms with Crippen LogP contribution in [0.1, 0.15) is 5.69 Å². The van der Waals surface area contributed by atoms with E-state index in [2.05, 4.69) is 9.98 Å². The third-order valence-electron chi connectivity index (χ3n) is 2.46. The van der Waals surface area contributed by atoms with Gasteiger partial charge in [0.1, 0.15) is 5.75 Å². The number of amidine groups is 1. The molecule has 1 aromatic heterocycles. The number of aliphatic imine (C=N–C) groups is 1. The molecule has 2 rings (SSSR count). The van der Waals surface area contributed by atoms with Crippen LogP contribution in [0.5, 0.6) is 5.75 Å². The molecule has 0 aliphatic rings. The molecule has 0 fully saturated rings. The molecular weight excluding hydrogens is 294 g/mol. The number of rotatable bonds is 4. The average molecular weight is 308 g/mol. The molecule has 0 aliphatic carbocycles. The van der Waals surface area contributed by atoms with Gasteiger partial charge in [-0.1, -0.05) is 23.4 Å². The SMILES string of the molecule is COc1ccnc(CSC(N)=Nc2ccc(Cl)cc2)c1. The van der Waals surface area contributed by atoms with E-state index in [1.165, 1.54) is 11.8 Å². The number of hydrogen-bond donors (Lipinski definition) is 1. The summed E-state index contributed by atoms with van der Waals surface area (Å²) in [5, 5.41) is 1.16. The van der Waals surface area contributed by atoms with Gasteiger partial charge in [0.05, 0.1) is 18.5 Å². The fraction of sp³-hybridized carbons (Fsp3) is 0.143. The molecule has 20 heavy (non-hydrogen) atoms. The van der Waals surface area contributed by atoms with Crippen LogP contribution in [0.2, 0.25) is 5.02 Å². The van der Waals surface area contributed by atoms with Gasteiger partial charge in [-0.3, -0.25) is 4.98 Å². The first-order chi connectivity index (χ1) is 9.67. The van der Waals surface area contributed by atoms with E-state index in [9.17, 15) is 0 Å². The van der Waals surface area contributed by atoms with Crippen molar-refractivity contribution in [1.82, 2.24) is 4.98 Å². The first-order valence-corrected chi connectivity index (χ1v) is 7.25. The van der Waals surface area contributed by atoms with E-state index >= 15 is 0 Å². The van der Waals surface area contributed by atoms with Gasteiger partial charge in [0.2, 0.25) is 0 Å². The molecule has 1 aromatic carbocycles. The van der Waals surface area contributed by atoms with Crippen LogP contribution < -0.4 is 10.5 Å². The molecule has 0 spiro atoms. The Morgan fingerprint density at radius 3 is 2.80 bits per heavy atom. The zero-order valence-electron chi connectivity index (χ0n) is 10.9. The molecule has 0 radical (unpaired) electrons. The highest BCUT2D eigenvalue weighted by molar-refractivity contribution is 8.13. The van der Waals surface area contributed by atoms with E-state index in [0.717, 1.165) is 17.1 Å². The monoisotopic (exact) mass is 307 g/mol. The molecular formula is C14H14ClN3OS. The van der Waals surface area contributed by atoms with Gasteiger partial charge < -0.3 is 10.5 Å². The Kier molecular flexibility index (Phi) is 5.26. The minimum absolute atomic E-state index is 0.483. The topological polar surface area (TPSA) is 60.5 Å². The van der Waals surface area contributed by atoms with Crippen molar-refractivity contribution in [1.29, 1.82) is 0 Å². The molecule has 2 aromatic rings. The molecule has 2 N–H and O–H groups in total. The number of pyridine rings is 1. The van der Waals surface area contributed by atoms with Crippen LogP contribution in [0.4, 0.5) is 5.69 Å². The Balaban J connectivity index is 1.97. The van der Waals surface area contributed by atoms with E-state index < -0.39 is 0 Å². The van der Waals surface area contributed by atoms with Gasteiger partial charge >= 0.3 is 0 Å². The highest BCUT2D eigenvalue weighted by atomic mass is 35.5. The van der Waals surface area contributed by atoms with Gasteiger partial charge in [-0.05, 0) is 30.3 Å². The van der Waals surface area contributed by atoms with Crippen molar-refractivity contribution in [3.05, 3.63) is 53.3 Å². The Hall–Kier alpha value is -1.72. The van der Waals surface area contributed by atoms with Crippen molar-refractivity contribution in [3.63, 3.8) is 0 Å². The van der Waals surface area contributed by atoms with Gasteiger partial charge in [0.25, 0.3) is 0 Å². The quantitative estimate of drug-likeness (QED) is 0.692. The third kappa shape index (κ3) is 4.43. The second-order valence-corrected chi connectivity index (χ2v) is 5.33. The lowest BCUT2D eigenvalue weighted by Crippen LogP contribution is -2.06. The standard InChI is InChI=1S/C14H14ClN3OS/c1-19-13-6-7-17-12(8-13)9-20-14(16)18-11-4-2-10(15)3-5-11/h2-8H,9H2,1H3,(H2,16,18). The summed E-state index contributed by atoms with van der Waals surface area (Å²) in [5.74, 6) is 1.42. The van der Waals surface area contributed by atoms with Gasteiger partial charge in [-0.2, -0.15) is 0 Å². The predicted octanol–water partition coefficient (Wildman–Crippen LogP) is 3.62. The number of benzene rings is 1. The minimum Gasteiger partial charge on any atom is -0.497 e. The molecule has 0 unspecified atom stereocenters. The third-order valence-corrected chi connectivity index (χ3v) is 3.54. The molecule has 0 saturated heterocycles. The summed E-state index contributed by atoms with van der Waals surface area (Å²) < 4.78 is 5.15. The lowest BCUT2D eigenvalue weighted by molar-refractivity contribution is 0.413. The van der Waals surface area contributed by atoms with E-state index in [4.69, 9.17) is 22.1 Å². The van der Waals surface area contributed by atoms with Crippen LogP contribution in [-0.4, -0.2) is 17.3 Å². The molecule has 4 nitrogen and oxygen atoms in total. The van der Waals surface area contributed by atoms with Gasteiger partial charge in [0.15, 0.2) is 5.17 Å². The number of nitrogens with zero attached hydrogens (tertiary/aromatic N) is 2. The Bertz CT molecular complexity index is 602. The number of methoxy groups -OCH3 is 1. The average Bonchev–Trinajstić information content (AvgIpc) is 2.48. The van der Waals surface area contributed by atoms with E-state index in [1.807, 2.05) is 18.2 Å². The van der Waals surface area contributed by atoms with Gasteiger partial charge in [-0.25, -0.2) is 4.99 Å². The summed E-state index contributed by atoms with van der Waals surface area (Å²) in [6, 6.07) is 10.9. The lowest BCUT2D eigenvalue weighted by atomic mass is 10.3. The zero-order valence-corrected chi connectivity index (χ0v) is 12.5. The maximum Gasteiger partial charge on any atom is 0.159 e. The van der Waals surface area contributed by atoms with Crippen molar-refractivity contribution in [2.45, 2.75) is 5.75 Å². The molecule has 0 aliphatic heterocycles. The van der Waals surface area contributed by atoms with Crippen molar-refractivity contribution >= 4 is 34.2 Å². The van der Waals surface area contributed by atoms with Crippen LogP contribution in [-0.2, 0) is 5.75 Å². The van der Waals surface area contributed by atoms with Crippen molar-refractivity contribution in [2.24, 2.45) is 10.7 Å². The van der Waals surface area contributed by atoms with E-state index in [-0.39, 0.29) is 0 Å². The second kappa shape index (κ2) is 7.17. The van der Waals surface area contributed by atoms with E-state index in [1.54, 1.807) is 31.5 Å².